The van der Waals surface area contributed by atoms with Gasteiger partial charge in [-0.15, -0.1) is 0 Å². The number of aromatic nitrogens is 3. The van der Waals surface area contributed by atoms with Gasteiger partial charge >= 0.3 is 0 Å². The van der Waals surface area contributed by atoms with Crippen LogP contribution in [0.2, 0.25) is 0 Å². The first kappa shape index (κ1) is 21.1. The maximum Gasteiger partial charge on any atom is 0.242 e. The Morgan fingerprint density at radius 3 is 2.11 bits per heavy atom. The summed E-state index contributed by atoms with van der Waals surface area (Å²) in [6.07, 6.45) is 3.75. The Morgan fingerprint density at radius 1 is 0.926 bits per heavy atom. The topological polar surface area (TPSA) is 59.9 Å². The zero-order valence-corrected chi connectivity index (χ0v) is 17.9. The minimum Gasteiger partial charge on any atom is -0.479 e. The van der Waals surface area contributed by atoms with Crippen molar-refractivity contribution >= 4 is 5.82 Å². The van der Waals surface area contributed by atoms with Crippen LogP contribution in [0.15, 0.2) is 12.1 Å². The van der Waals surface area contributed by atoms with Gasteiger partial charge in [0.15, 0.2) is 5.82 Å². The van der Waals surface area contributed by atoms with Gasteiger partial charge in [-0.3, -0.25) is 4.98 Å². The van der Waals surface area contributed by atoms with Gasteiger partial charge in [0.1, 0.15) is 5.69 Å². The summed E-state index contributed by atoms with van der Waals surface area (Å²) >= 11 is 0. The molecule has 5 nitrogen and oxygen atoms in total. The van der Waals surface area contributed by atoms with E-state index in [0.717, 1.165) is 59.8 Å². The molecule has 0 aliphatic carbocycles. The molecule has 0 aliphatic rings. The summed E-state index contributed by atoms with van der Waals surface area (Å²) in [5.74, 6) is 1.78. The smallest absolute Gasteiger partial charge is 0.242 e. The molecule has 0 amide bonds. The van der Waals surface area contributed by atoms with Gasteiger partial charge < -0.3 is 10.1 Å². The van der Waals surface area contributed by atoms with Crippen molar-refractivity contribution in [1.29, 1.82) is 0 Å². The lowest BCUT2D eigenvalue weighted by Crippen LogP contribution is -2.20. The van der Waals surface area contributed by atoms with E-state index >= 15 is 0 Å². The monoisotopic (exact) mass is 370 g/mol. The first-order valence-corrected chi connectivity index (χ1v) is 10.2. The van der Waals surface area contributed by atoms with E-state index < -0.39 is 0 Å². The van der Waals surface area contributed by atoms with Crippen molar-refractivity contribution in [2.75, 3.05) is 12.4 Å². The summed E-state index contributed by atoms with van der Waals surface area (Å²) in [7, 11) is 1.65. The molecule has 2 heterocycles. The molecule has 2 aromatic rings. The van der Waals surface area contributed by atoms with Gasteiger partial charge in [-0.1, -0.05) is 41.5 Å². The van der Waals surface area contributed by atoms with Crippen molar-refractivity contribution in [1.82, 2.24) is 15.0 Å². The van der Waals surface area contributed by atoms with Crippen molar-refractivity contribution in [3.8, 4) is 17.1 Å². The van der Waals surface area contributed by atoms with Gasteiger partial charge in [-0.05, 0) is 43.7 Å². The lowest BCUT2D eigenvalue weighted by atomic mass is 10.0. The summed E-state index contributed by atoms with van der Waals surface area (Å²) in [6.45, 7) is 12.9. The molecule has 0 aliphatic heterocycles. The summed E-state index contributed by atoms with van der Waals surface area (Å²) in [5.41, 5.74) is 4.90. The highest BCUT2D eigenvalue weighted by molar-refractivity contribution is 5.69. The van der Waals surface area contributed by atoms with Crippen LogP contribution in [0.3, 0.4) is 0 Å². The van der Waals surface area contributed by atoms with Crippen molar-refractivity contribution in [3.05, 3.63) is 29.2 Å². The molecular formula is C22H34N4O. The molecule has 0 unspecified atom stereocenters. The van der Waals surface area contributed by atoms with E-state index in [9.17, 15) is 0 Å². The quantitative estimate of drug-likeness (QED) is 0.641. The number of pyridine rings is 1. The van der Waals surface area contributed by atoms with Gasteiger partial charge in [0.2, 0.25) is 5.88 Å². The van der Waals surface area contributed by atoms with E-state index in [0.29, 0.717) is 17.8 Å². The van der Waals surface area contributed by atoms with Crippen LogP contribution >= 0.6 is 0 Å². The third kappa shape index (κ3) is 4.76. The predicted octanol–water partition coefficient (Wildman–Crippen LogP) is 5.40. The largest absolute Gasteiger partial charge is 0.479 e. The lowest BCUT2D eigenvalue weighted by molar-refractivity contribution is 0.397. The summed E-state index contributed by atoms with van der Waals surface area (Å²) in [5, 5.41) is 3.53. The minimum absolute atomic E-state index is 0.387. The van der Waals surface area contributed by atoms with E-state index in [1.54, 1.807) is 7.11 Å². The van der Waals surface area contributed by atoms with Crippen molar-refractivity contribution < 1.29 is 4.74 Å². The van der Waals surface area contributed by atoms with Crippen LogP contribution in [0.25, 0.3) is 11.3 Å². The fourth-order valence-electron chi connectivity index (χ4n) is 3.15. The SMILES string of the molecule is CCc1nc(C(C)C)ccc1-c1nc(CC)c(NC(CC)CC)nc1OC. The van der Waals surface area contributed by atoms with Crippen LogP contribution in [-0.2, 0) is 12.8 Å². The second-order valence-corrected chi connectivity index (χ2v) is 7.13. The van der Waals surface area contributed by atoms with E-state index in [2.05, 4.69) is 59.0 Å². The Morgan fingerprint density at radius 2 is 1.59 bits per heavy atom. The van der Waals surface area contributed by atoms with Gasteiger partial charge in [0.25, 0.3) is 0 Å². The summed E-state index contributed by atoms with van der Waals surface area (Å²) < 4.78 is 5.62. The maximum absolute atomic E-state index is 5.62. The Kier molecular flexibility index (Phi) is 7.57. The average Bonchev–Trinajstić information content (AvgIpc) is 2.70. The number of aryl methyl sites for hydroxylation is 2. The number of anilines is 1. The highest BCUT2D eigenvalue weighted by atomic mass is 16.5. The molecule has 0 saturated carbocycles. The first-order chi connectivity index (χ1) is 13.0. The van der Waals surface area contributed by atoms with Crippen molar-refractivity contribution in [2.45, 2.75) is 79.2 Å². The first-order valence-electron chi connectivity index (χ1n) is 10.2. The van der Waals surface area contributed by atoms with E-state index in [1.165, 1.54) is 0 Å². The molecule has 0 saturated heterocycles. The fourth-order valence-corrected chi connectivity index (χ4v) is 3.15. The van der Waals surface area contributed by atoms with Gasteiger partial charge in [0, 0.05) is 23.0 Å². The molecule has 0 bridgehead atoms. The Bertz CT molecular complexity index is 754. The molecular weight excluding hydrogens is 336 g/mol. The van der Waals surface area contributed by atoms with Crippen LogP contribution < -0.4 is 10.1 Å². The van der Waals surface area contributed by atoms with Gasteiger partial charge in [0.05, 0.1) is 12.8 Å². The average molecular weight is 371 g/mol. The van der Waals surface area contributed by atoms with E-state index in [-0.39, 0.29) is 0 Å². The van der Waals surface area contributed by atoms with Crippen LogP contribution in [0.1, 0.15) is 77.4 Å². The molecule has 5 heteroatoms. The lowest BCUT2D eigenvalue weighted by Gasteiger charge is -2.20. The molecule has 148 valence electrons. The molecule has 0 radical (unpaired) electrons. The van der Waals surface area contributed by atoms with Gasteiger partial charge in [-0.25, -0.2) is 4.98 Å². The van der Waals surface area contributed by atoms with Crippen LogP contribution in [-0.4, -0.2) is 28.1 Å². The molecule has 0 fully saturated rings. The number of methoxy groups -OCH3 is 1. The highest BCUT2D eigenvalue weighted by Gasteiger charge is 2.19. The molecule has 27 heavy (non-hydrogen) atoms. The molecule has 1 N–H and O–H groups in total. The van der Waals surface area contributed by atoms with Crippen molar-refractivity contribution in [2.24, 2.45) is 0 Å². The number of nitrogens with one attached hydrogen (secondary N) is 1. The fraction of sp³-hybridized carbons (Fsp3) is 0.591. The Labute approximate surface area is 164 Å². The Hall–Kier alpha value is -2.17. The number of rotatable bonds is 9. The molecule has 0 atom stereocenters. The van der Waals surface area contributed by atoms with Crippen LogP contribution in [0, 0.1) is 0 Å². The molecule has 2 aromatic heterocycles. The van der Waals surface area contributed by atoms with Crippen molar-refractivity contribution in [3.63, 3.8) is 0 Å². The molecule has 2 rings (SSSR count). The predicted molar refractivity (Wildman–Crippen MR) is 113 cm³/mol. The minimum atomic E-state index is 0.387. The zero-order valence-electron chi connectivity index (χ0n) is 17.9. The van der Waals surface area contributed by atoms with Crippen LogP contribution in [0.4, 0.5) is 5.82 Å². The van der Waals surface area contributed by atoms with Gasteiger partial charge in [-0.2, -0.15) is 4.98 Å². The van der Waals surface area contributed by atoms with E-state index in [1.807, 2.05) is 0 Å². The maximum atomic E-state index is 5.62. The standard InChI is InChI=1S/C22H34N4O/c1-8-15(9-2)23-21-18(11-4)25-20(22(26-21)27-7)16-12-13-19(14(5)6)24-17(16)10-3/h12-15H,8-11H2,1-7H3,(H,23,26). The number of hydrogen-bond acceptors (Lipinski definition) is 5. The van der Waals surface area contributed by atoms with Crippen LogP contribution in [0.5, 0.6) is 5.88 Å². The Balaban J connectivity index is 2.57. The third-order valence-electron chi connectivity index (χ3n) is 4.97. The highest BCUT2D eigenvalue weighted by Crippen LogP contribution is 2.32. The second kappa shape index (κ2) is 9.67. The summed E-state index contributed by atoms with van der Waals surface area (Å²) in [4.78, 5) is 14.6. The zero-order chi connectivity index (χ0) is 20.0. The normalized spacial score (nSPS) is 11.3. The number of ether oxygens (including phenoxy) is 1. The second-order valence-electron chi connectivity index (χ2n) is 7.13. The molecule has 0 spiro atoms. The number of hydrogen-bond donors (Lipinski definition) is 1. The summed E-state index contributed by atoms with van der Waals surface area (Å²) in [6, 6.07) is 4.59. The number of nitrogens with zero attached hydrogens (tertiary/aromatic N) is 3. The third-order valence-corrected chi connectivity index (χ3v) is 4.97. The van der Waals surface area contributed by atoms with E-state index in [4.69, 9.17) is 19.7 Å². The molecule has 0 aromatic carbocycles.